The molecule has 0 atom stereocenters. The van der Waals surface area contributed by atoms with Crippen LogP contribution in [0.2, 0.25) is 0 Å². The first kappa shape index (κ1) is 24.9. The van der Waals surface area contributed by atoms with Crippen molar-refractivity contribution in [2.75, 3.05) is 0 Å². The summed E-state index contributed by atoms with van der Waals surface area (Å²) in [6.45, 7) is 0. The zero-order valence-electron chi connectivity index (χ0n) is 20.4. The van der Waals surface area contributed by atoms with E-state index in [1.54, 1.807) is 48.6 Å². The molecule has 0 radical (unpaired) electrons. The number of carboxylic acids is 1. The molecule has 0 saturated carbocycles. The number of ether oxygens (including phenoxy) is 1. The molecule has 0 fully saturated rings. The van der Waals surface area contributed by atoms with Crippen molar-refractivity contribution in [1.82, 2.24) is 0 Å². The number of nitrogens with zero attached hydrogens (tertiary/aromatic N) is 1. The molecule has 5 rings (SSSR count). The van der Waals surface area contributed by atoms with Gasteiger partial charge in [-0.1, -0.05) is 48.6 Å². The van der Waals surface area contributed by atoms with Crippen LogP contribution in [0.5, 0.6) is 11.5 Å². The molecule has 38 heavy (non-hydrogen) atoms. The summed E-state index contributed by atoms with van der Waals surface area (Å²) < 4.78 is 19.4. The number of nitro benzene ring substituents is 1. The van der Waals surface area contributed by atoms with Gasteiger partial charge in [0.2, 0.25) is 5.75 Å². The van der Waals surface area contributed by atoms with Crippen molar-refractivity contribution in [1.29, 1.82) is 0 Å². The Labute approximate surface area is 218 Å². The van der Waals surface area contributed by atoms with Gasteiger partial charge in [0.25, 0.3) is 0 Å². The lowest BCUT2D eigenvalue weighted by Crippen LogP contribution is -2.04. The van der Waals surface area contributed by atoms with Crippen LogP contribution in [0.15, 0.2) is 78.9 Å². The monoisotopic (exact) mass is 509 g/mol. The molecule has 0 saturated heterocycles. The topological polar surface area (TPSA) is 89.7 Å². The molecule has 1 N–H and O–H groups in total. The molecule has 1 aliphatic rings. The third-order valence-corrected chi connectivity index (χ3v) is 6.67. The Morgan fingerprint density at radius 2 is 1.66 bits per heavy atom. The molecular formula is C31H24FNO5. The minimum atomic E-state index is -1.10. The van der Waals surface area contributed by atoms with Crippen LogP contribution >= 0.6 is 0 Å². The number of aromatic carboxylic acids is 1. The lowest BCUT2D eigenvalue weighted by Gasteiger charge is -2.19. The number of rotatable bonds is 7. The maximum absolute atomic E-state index is 13.3. The van der Waals surface area contributed by atoms with Crippen molar-refractivity contribution in [3.05, 3.63) is 123 Å². The smallest absolute Gasteiger partial charge is 0.336 e. The van der Waals surface area contributed by atoms with Gasteiger partial charge in [0, 0.05) is 6.07 Å². The molecule has 0 heterocycles. The second kappa shape index (κ2) is 10.7. The lowest BCUT2D eigenvalue weighted by atomic mass is 9.91. The Hall–Kier alpha value is -4.78. The fourth-order valence-corrected chi connectivity index (χ4v) is 4.73. The van der Waals surface area contributed by atoms with Crippen molar-refractivity contribution < 1.29 is 24.0 Å². The van der Waals surface area contributed by atoms with Crippen LogP contribution in [-0.2, 0) is 12.8 Å². The summed E-state index contributed by atoms with van der Waals surface area (Å²) in [6, 6.07) is 21.2. The Bertz CT molecular complexity index is 1560. The first-order valence-electron chi connectivity index (χ1n) is 12.3. The number of fused-ring (bicyclic) bond motifs is 1. The van der Waals surface area contributed by atoms with Crippen LogP contribution in [0.3, 0.4) is 0 Å². The number of hydrogen-bond acceptors (Lipinski definition) is 4. The zero-order chi connectivity index (χ0) is 26.6. The Kier molecular flexibility index (Phi) is 7.00. The highest BCUT2D eigenvalue weighted by Gasteiger charge is 2.20. The van der Waals surface area contributed by atoms with Gasteiger partial charge in [0.05, 0.1) is 10.5 Å². The summed E-state index contributed by atoms with van der Waals surface area (Å²) in [6.07, 6.45) is 7.25. The number of carboxylic acid groups (broad SMARTS) is 1. The Morgan fingerprint density at radius 1 is 0.895 bits per heavy atom. The number of benzene rings is 4. The largest absolute Gasteiger partial charge is 0.478 e. The van der Waals surface area contributed by atoms with E-state index in [4.69, 9.17) is 4.74 Å². The first-order chi connectivity index (χ1) is 18.4. The third-order valence-electron chi connectivity index (χ3n) is 6.67. The Balaban J connectivity index is 1.46. The van der Waals surface area contributed by atoms with E-state index in [1.807, 2.05) is 12.1 Å². The average Bonchev–Trinajstić information content (AvgIpc) is 2.92. The number of aryl methyl sites for hydroxylation is 1. The van der Waals surface area contributed by atoms with E-state index in [1.165, 1.54) is 29.8 Å². The van der Waals surface area contributed by atoms with E-state index < -0.39 is 10.9 Å². The van der Waals surface area contributed by atoms with E-state index in [-0.39, 0.29) is 22.8 Å². The van der Waals surface area contributed by atoms with Crippen molar-refractivity contribution in [3.63, 3.8) is 0 Å². The fraction of sp³-hybridized carbons (Fsp3) is 0.129. The van der Waals surface area contributed by atoms with Gasteiger partial charge in [-0.25, -0.2) is 9.18 Å². The SMILES string of the molecule is O=C(O)c1ccc(-c2ccc(F)cc2)cc1/C=C/c1ccc(Oc2cccc3c2CCCC3)c([N+](=O)[O-])c1. The highest BCUT2D eigenvalue weighted by atomic mass is 19.1. The van der Waals surface area contributed by atoms with Gasteiger partial charge in [-0.2, -0.15) is 0 Å². The molecule has 0 bridgehead atoms. The quantitative estimate of drug-likeness (QED) is 0.155. The second-order valence-electron chi connectivity index (χ2n) is 9.13. The summed E-state index contributed by atoms with van der Waals surface area (Å²) >= 11 is 0. The van der Waals surface area contributed by atoms with Crippen molar-refractivity contribution in [2.24, 2.45) is 0 Å². The molecule has 1 aliphatic carbocycles. The molecular weight excluding hydrogens is 485 g/mol. The van der Waals surface area contributed by atoms with Crippen LogP contribution in [0, 0.1) is 15.9 Å². The normalized spacial score (nSPS) is 12.8. The summed E-state index contributed by atoms with van der Waals surface area (Å²) in [4.78, 5) is 23.2. The highest BCUT2D eigenvalue weighted by molar-refractivity contribution is 5.94. The van der Waals surface area contributed by atoms with Gasteiger partial charge < -0.3 is 9.84 Å². The molecule has 4 aromatic carbocycles. The predicted molar refractivity (Wildman–Crippen MR) is 144 cm³/mol. The first-order valence-corrected chi connectivity index (χ1v) is 12.3. The fourth-order valence-electron chi connectivity index (χ4n) is 4.73. The Morgan fingerprint density at radius 3 is 2.42 bits per heavy atom. The summed E-state index contributed by atoms with van der Waals surface area (Å²) in [5.41, 5.74) is 4.59. The standard InChI is InChI=1S/C31H24FNO5/c32-25-14-11-21(12-15-25)23-13-16-27(31(34)35)24(19-23)10-8-20-9-17-30(28(18-20)33(36)37)38-29-7-3-5-22-4-1-2-6-26(22)29/h3,5,7-19H,1-2,4,6H2,(H,34,35)/b10-8+. The van der Waals surface area contributed by atoms with Crippen LogP contribution in [0.25, 0.3) is 23.3 Å². The molecule has 6 nitrogen and oxygen atoms in total. The molecule has 0 unspecified atom stereocenters. The number of carbonyl (C=O) groups is 1. The minimum absolute atomic E-state index is 0.0791. The molecule has 0 spiro atoms. The molecule has 4 aromatic rings. The molecule has 190 valence electrons. The van der Waals surface area contributed by atoms with Gasteiger partial charge >= 0.3 is 11.7 Å². The molecule has 0 aromatic heterocycles. The number of hydrogen-bond donors (Lipinski definition) is 1. The predicted octanol–water partition coefficient (Wildman–Crippen LogP) is 7.94. The van der Waals surface area contributed by atoms with Gasteiger partial charge in [0.15, 0.2) is 0 Å². The van der Waals surface area contributed by atoms with E-state index in [2.05, 4.69) is 6.07 Å². The summed E-state index contributed by atoms with van der Waals surface area (Å²) in [5, 5.41) is 21.5. The van der Waals surface area contributed by atoms with Crippen LogP contribution in [0.4, 0.5) is 10.1 Å². The van der Waals surface area contributed by atoms with Gasteiger partial charge in [-0.3, -0.25) is 10.1 Å². The highest BCUT2D eigenvalue weighted by Crippen LogP contribution is 2.37. The second-order valence-corrected chi connectivity index (χ2v) is 9.13. The van der Waals surface area contributed by atoms with Crippen molar-refractivity contribution in [3.8, 4) is 22.6 Å². The van der Waals surface area contributed by atoms with Crippen molar-refractivity contribution >= 4 is 23.8 Å². The number of nitro groups is 1. The molecule has 7 heteroatoms. The molecule has 0 aliphatic heterocycles. The van der Waals surface area contributed by atoms with Gasteiger partial charge in [0.1, 0.15) is 11.6 Å². The van der Waals surface area contributed by atoms with Crippen LogP contribution in [0.1, 0.15) is 45.5 Å². The van der Waals surface area contributed by atoms with E-state index in [9.17, 15) is 24.4 Å². The molecule has 0 amide bonds. The number of halogens is 1. The van der Waals surface area contributed by atoms with E-state index >= 15 is 0 Å². The van der Waals surface area contributed by atoms with E-state index in [0.717, 1.165) is 42.4 Å². The van der Waals surface area contributed by atoms with Crippen LogP contribution in [-0.4, -0.2) is 16.0 Å². The summed E-state index contributed by atoms with van der Waals surface area (Å²) in [7, 11) is 0. The lowest BCUT2D eigenvalue weighted by molar-refractivity contribution is -0.385. The van der Waals surface area contributed by atoms with E-state index in [0.29, 0.717) is 16.9 Å². The zero-order valence-corrected chi connectivity index (χ0v) is 20.4. The van der Waals surface area contributed by atoms with Gasteiger partial charge in [-0.05, 0) is 95.5 Å². The maximum Gasteiger partial charge on any atom is 0.336 e. The average molecular weight is 510 g/mol. The maximum atomic E-state index is 13.3. The summed E-state index contributed by atoms with van der Waals surface area (Å²) in [5.74, 6) is -0.679. The van der Waals surface area contributed by atoms with Crippen molar-refractivity contribution in [2.45, 2.75) is 25.7 Å². The minimum Gasteiger partial charge on any atom is -0.478 e. The van der Waals surface area contributed by atoms with Gasteiger partial charge in [-0.15, -0.1) is 0 Å². The van der Waals surface area contributed by atoms with Crippen LogP contribution < -0.4 is 4.74 Å². The third kappa shape index (κ3) is 5.32.